The van der Waals surface area contributed by atoms with Crippen molar-refractivity contribution in [1.29, 1.82) is 0 Å². The molecule has 1 heterocycles. The summed E-state index contributed by atoms with van der Waals surface area (Å²) in [4.78, 5) is 0. The van der Waals surface area contributed by atoms with Crippen LogP contribution < -0.4 is 10.1 Å². The topological polar surface area (TPSA) is 34.4 Å². The van der Waals surface area contributed by atoms with E-state index in [4.69, 9.17) is 4.42 Å². The number of hydrogen-bond acceptors (Lipinski definition) is 3. The van der Waals surface area contributed by atoms with Gasteiger partial charge in [0, 0.05) is 11.8 Å². The second-order valence-electron chi connectivity index (χ2n) is 4.20. The summed E-state index contributed by atoms with van der Waals surface area (Å²) in [6, 6.07) is 9.21. The second-order valence-corrected chi connectivity index (χ2v) is 4.20. The number of anilines is 1. The van der Waals surface area contributed by atoms with Crippen LogP contribution in [0.15, 0.2) is 47.1 Å². The fourth-order valence-corrected chi connectivity index (χ4v) is 1.85. The number of alkyl halides is 3. The summed E-state index contributed by atoms with van der Waals surface area (Å²) >= 11 is 0. The van der Waals surface area contributed by atoms with E-state index in [0.717, 1.165) is 12.2 Å². The molecule has 0 saturated heterocycles. The van der Waals surface area contributed by atoms with Crippen molar-refractivity contribution in [2.24, 2.45) is 0 Å². The second kappa shape index (κ2) is 5.90. The van der Waals surface area contributed by atoms with Crippen LogP contribution in [0, 0.1) is 0 Å². The summed E-state index contributed by atoms with van der Waals surface area (Å²) in [5, 5.41) is 3.12. The number of nitrogens with one attached hydrogen (secondary N) is 1. The Hall–Kier alpha value is -2.11. The molecule has 0 aliphatic rings. The van der Waals surface area contributed by atoms with Crippen LogP contribution in [0.1, 0.15) is 25.1 Å². The van der Waals surface area contributed by atoms with Gasteiger partial charge in [0.1, 0.15) is 11.5 Å². The van der Waals surface area contributed by atoms with Gasteiger partial charge in [-0.1, -0.05) is 13.0 Å². The van der Waals surface area contributed by atoms with Gasteiger partial charge in [0.2, 0.25) is 0 Å². The highest BCUT2D eigenvalue weighted by molar-refractivity contribution is 5.49. The highest BCUT2D eigenvalue weighted by atomic mass is 19.4. The van der Waals surface area contributed by atoms with Crippen molar-refractivity contribution < 1.29 is 22.3 Å². The van der Waals surface area contributed by atoms with E-state index in [1.807, 2.05) is 13.0 Å². The predicted molar refractivity (Wildman–Crippen MR) is 68.5 cm³/mol. The third-order valence-electron chi connectivity index (χ3n) is 2.70. The minimum Gasteiger partial charge on any atom is -0.467 e. The van der Waals surface area contributed by atoms with Crippen LogP contribution >= 0.6 is 0 Å². The lowest BCUT2D eigenvalue weighted by molar-refractivity contribution is -0.274. The van der Waals surface area contributed by atoms with Crippen molar-refractivity contribution in [3.63, 3.8) is 0 Å². The first-order valence-electron chi connectivity index (χ1n) is 6.13. The average molecular weight is 285 g/mol. The van der Waals surface area contributed by atoms with Crippen molar-refractivity contribution >= 4 is 5.69 Å². The van der Waals surface area contributed by atoms with Crippen LogP contribution in [0.2, 0.25) is 0 Å². The van der Waals surface area contributed by atoms with Gasteiger partial charge in [-0.3, -0.25) is 0 Å². The van der Waals surface area contributed by atoms with Crippen molar-refractivity contribution in [3.05, 3.63) is 48.4 Å². The molecule has 6 heteroatoms. The van der Waals surface area contributed by atoms with E-state index < -0.39 is 6.36 Å². The molecule has 1 atom stereocenters. The van der Waals surface area contributed by atoms with Crippen molar-refractivity contribution in [2.75, 3.05) is 5.32 Å². The molecule has 0 fully saturated rings. The Kier molecular flexibility index (Phi) is 4.22. The van der Waals surface area contributed by atoms with E-state index in [2.05, 4.69) is 10.1 Å². The molecule has 1 aromatic heterocycles. The molecule has 0 radical (unpaired) electrons. The van der Waals surface area contributed by atoms with Crippen LogP contribution in [0.25, 0.3) is 0 Å². The molecule has 0 aliphatic carbocycles. The van der Waals surface area contributed by atoms with Gasteiger partial charge in [-0.25, -0.2) is 0 Å². The maximum Gasteiger partial charge on any atom is 0.573 e. The third-order valence-corrected chi connectivity index (χ3v) is 2.70. The Labute approximate surface area is 114 Å². The maximum absolute atomic E-state index is 12.2. The van der Waals surface area contributed by atoms with Crippen molar-refractivity contribution in [3.8, 4) is 5.75 Å². The summed E-state index contributed by atoms with van der Waals surface area (Å²) in [6.45, 7) is 1.95. The van der Waals surface area contributed by atoms with Gasteiger partial charge in [-0.05, 0) is 30.7 Å². The summed E-state index contributed by atoms with van der Waals surface area (Å²) in [5.41, 5.74) is 0.537. The Morgan fingerprint density at radius 3 is 2.65 bits per heavy atom. The fourth-order valence-electron chi connectivity index (χ4n) is 1.85. The first-order valence-corrected chi connectivity index (χ1v) is 6.13. The Bertz CT molecular complexity index is 538. The summed E-state index contributed by atoms with van der Waals surface area (Å²) in [7, 11) is 0. The Balaban J connectivity index is 2.11. The molecule has 1 aromatic carbocycles. The van der Waals surface area contributed by atoms with Crippen LogP contribution in [0.5, 0.6) is 5.75 Å². The normalized spacial score (nSPS) is 13.0. The first-order chi connectivity index (χ1) is 9.48. The van der Waals surface area contributed by atoms with Crippen molar-refractivity contribution in [1.82, 2.24) is 0 Å². The van der Waals surface area contributed by atoms with Gasteiger partial charge in [-0.15, -0.1) is 13.2 Å². The Morgan fingerprint density at radius 1 is 1.25 bits per heavy atom. The summed E-state index contributed by atoms with van der Waals surface area (Å²) in [5.74, 6) is 0.478. The van der Waals surface area contributed by atoms with E-state index in [-0.39, 0.29) is 11.8 Å². The molecule has 0 aliphatic heterocycles. The fraction of sp³-hybridized carbons (Fsp3) is 0.286. The van der Waals surface area contributed by atoms with Crippen LogP contribution in [-0.4, -0.2) is 6.36 Å². The lowest BCUT2D eigenvalue weighted by Crippen LogP contribution is -2.17. The molecule has 0 bridgehead atoms. The number of rotatable bonds is 5. The van der Waals surface area contributed by atoms with Crippen molar-refractivity contribution in [2.45, 2.75) is 25.7 Å². The largest absolute Gasteiger partial charge is 0.573 e. The zero-order chi connectivity index (χ0) is 14.6. The maximum atomic E-state index is 12.2. The average Bonchev–Trinajstić information content (AvgIpc) is 2.88. The van der Waals surface area contributed by atoms with Gasteiger partial charge in [-0.2, -0.15) is 0 Å². The van der Waals surface area contributed by atoms with Gasteiger partial charge in [0.05, 0.1) is 12.3 Å². The minimum atomic E-state index is -4.69. The predicted octanol–water partition coefficient (Wildman–Crippen LogP) is 4.74. The zero-order valence-corrected chi connectivity index (χ0v) is 10.8. The monoisotopic (exact) mass is 285 g/mol. The van der Waals surface area contributed by atoms with Crippen LogP contribution in [0.3, 0.4) is 0 Å². The van der Waals surface area contributed by atoms with Gasteiger partial charge >= 0.3 is 6.36 Å². The first kappa shape index (κ1) is 14.3. The summed E-state index contributed by atoms with van der Waals surface area (Å²) in [6.07, 6.45) is -2.40. The molecule has 0 spiro atoms. The van der Waals surface area contributed by atoms with E-state index in [1.54, 1.807) is 18.4 Å². The number of furan rings is 1. The van der Waals surface area contributed by atoms with Crippen LogP contribution in [0.4, 0.5) is 18.9 Å². The van der Waals surface area contributed by atoms with Gasteiger partial charge in [0.15, 0.2) is 0 Å². The molecular formula is C14H14F3NO2. The molecule has 0 saturated carbocycles. The summed E-state index contributed by atoms with van der Waals surface area (Å²) < 4.78 is 45.7. The molecule has 2 rings (SSSR count). The minimum absolute atomic E-state index is 0.105. The molecule has 1 N–H and O–H groups in total. The zero-order valence-electron chi connectivity index (χ0n) is 10.8. The lowest BCUT2D eigenvalue weighted by Gasteiger charge is -2.17. The highest BCUT2D eigenvalue weighted by Crippen LogP contribution is 2.28. The van der Waals surface area contributed by atoms with Gasteiger partial charge in [0.25, 0.3) is 0 Å². The number of halogens is 3. The standard InChI is InChI=1S/C14H14F3NO2/c1-2-12(13-7-4-8-19-13)18-10-5-3-6-11(9-10)20-14(15,16)17/h3-9,12,18H,2H2,1H3. The molecular weight excluding hydrogens is 271 g/mol. The number of ether oxygens (including phenoxy) is 1. The molecule has 1 unspecified atom stereocenters. The van der Waals surface area contributed by atoms with E-state index >= 15 is 0 Å². The van der Waals surface area contributed by atoms with E-state index in [9.17, 15) is 13.2 Å². The SMILES string of the molecule is CCC(Nc1cccc(OC(F)(F)F)c1)c1ccco1. The number of hydrogen-bond donors (Lipinski definition) is 1. The molecule has 2 aromatic rings. The smallest absolute Gasteiger partial charge is 0.467 e. The quantitative estimate of drug-likeness (QED) is 0.861. The Morgan fingerprint density at radius 2 is 2.05 bits per heavy atom. The molecule has 3 nitrogen and oxygen atoms in total. The molecule has 0 amide bonds. The van der Waals surface area contributed by atoms with E-state index in [0.29, 0.717) is 5.69 Å². The number of benzene rings is 1. The lowest BCUT2D eigenvalue weighted by atomic mass is 10.1. The van der Waals surface area contributed by atoms with Crippen LogP contribution in [-0.2, 0) is 0 Å². The third kappa shape index (κ3) is 3.94. The molecule has 108 valence electrons. The van der Waals surface area contributed by atoms with Gasteiger partial charge < -0.3 is 14.5 Å². The highest BCUT2D eigenvalue weighted by Gasteiger charge is 2.31. The van der Waals surface area contributed by atoms with E-state index in [1.165, 1.54) is 18.2 Å². The molecule has 20 heavy (non-hydrogen) atoms.